The molecule has 6 nitrogen and oxygen atoms in total. The van der Waals surface area contributed by atoms with Crippen LogP contribution < -0.4 is 0 Å². The molecule has 6 heteroatoms. The van der Waals surface area contributed by atoms with E-state index in [9.17, 15) is 9.59 Å². The highest BCUT2D eigenvalue weighted by Gasteiger charge is 2.26. The summed E-state index contributed by atoms with van der Waals surface area (Å²) in [6.45, 7) is 5.39. The SMILES string of the molecule is Cc1cc2cc(C(=O)N3CCCC(N(C)CC(=O)O)CC3)oc2cc1C. The van der Waals surface area contributed by atoms with Crippen molar-refractivity contribution in [2.45, 2.75) is 39.2 Å². The first-order chi connectivity index (χ1) is 12.3. The van der Waals surface area contributed by atoms with Crippen LogP contribution >= 0.6 is 0 Å². The number of nitrogens with zero attached hydrogens (tertiary/aromatic N) is 2. The van der Waals surface area contributed by atoms with Crippen molar-refractivity contribution < 1.29 is 19.1 Å². The molecule has 1 atom stereocenters. The number of carboxylic acids is 1. The molecule has 140 valence electrons. The Kier molecular flexibility index (Phi) is 5.32. The number of aryl methyl sites for hydroxylation is 2. The summed E-state index contributed by atoms with van der Waals surface area (Å²) in [6.07, 6.45) is 2.53. The van der Waals surface area contributed by atoms with E-state index in [4.69, 9.17) is 9.52 Å². The van der Waals surface area contributed by atoms with E-state index in [1.165, 1.54) is 5.56 Å². The first-order valence-electron chi connectivity index (χ1n) is 9.07. The number of likely N-dealkylation sites (tertiary alicyclic amines) is 1. The average molecular weight is 358 g/mol. The van der Waals surface area contributed by atoms with Gasteiger partial charge in [-0.1, -0.05) is 0 Å². The van der Waals surface area contributed by atoms with Crippen LogP contribution in [-0.4, -0.2) is 59.5 Å². The molecule has 1 saturated heterocycles. The van der Waals surface area contributed by atoms with Crippen LogP contribution in [0, 0.1) is 13.8 Å². The van der Waals surface area contributed by atoms with E-state index in [2.05, 4.69) is 0 Å². The summed E-state index contributed by atoms with van der Waals surface area (Å²) in [5.74, 6) is -0.530. The topological polar surface area (TPSA) is 74.0 Å². The zero-order valence-electron chi connectivity index (χ0n) is 15.6. The van der Waals surface area contributed by atoms with Crippen molar-refractivity contribution in [3.8, 4) is 0 Å². The maximum Gasteiger partial charge on any atom is 0.317 e. The summed E-state index contributed by atoms with van der Waals surface area (Å²) in [4.78, 5) is 27.5. The lowest BCUT2D eigenvalue weighted by atomic mass is 10.1. The molecular weight excluding hydrogens is 332 g/mol. The van der Waals surface area contributed by atoms with Gasteiger partial charge in [0.05, 0.1) is 6.54 Å². The Balaban J connectivity index is 1.71. The molecule has 0 aliphatic carbocycles. The molecule has 1 aliphatic heterocycles. The van der Waals surface area contributed by atoms with Crippen LogP contribution in [0.1, 0.15) is 40.9 Å². The fraction of sp³-hybridized carbons (Fsp3) is 0.500. The van der Waals surface area contributed by atoms with Crippen molar-refractivity contribution in [2.24, 2.45) is 0 Å². The highest BCUT2D eigenvalue weighted by molar-refractivity contribution is 5.96. The second-order valence-electron chi connectivity index (χ2n) is 7.27. The molecule has 1 aromatic heterocycles. The third-order valence-electron chi connectivity index (χ3n) is 5.34. The molecule has 1 aliphatic rings. The maximum atomic E-state index is 12.9. The van der Waals surface area contributed by atoms with Gasteiger partial charge in [-0.05, 0) is 69.5 Å². The van der Waals surface area contributed by atoms with Crippen LogP contribution in [0.3, 0.4) is 0 Å². The zero-order chi connectivity index (χ0) is 18.8. The van der Waals surface area contributed by atoms with Crippen LogP contribution in [0.4, 0.5) is 0 Å². The first kappa shape index (κ1) is 18.5. The number of hydrogen-bond acceptors (Lipinski definition) is 4. The van der Waals surface area contributed by atoms with Gasteiger partial charge in [-0.2, -0.15) is 0 Å². The fourth-order valence-corrected chi connectivity index (χ4v) is 3.63. The van der Waals surface area contributed by atoms with E-state index in [0.29, 0.717) is 18.8 Å². The minimum atomic E-state index is -0.822. The number of carbonyl (C=O) groups is 2. The number of furan rings is 1. The van der Waals surface area contributed by atoms with Crippen molar-refractivity contribution in [3.63, 3.8) is 0 Å². The van der Waals surface area contributed by atoms with Gasteiger partial charge < -0.3 is 14.4 Å². The van der Waals surface area contributed by atoms with E-state index in [1.807, 2.05) is 48.9 Å². The van der Waals surface area contributed by atoms with E-state index in [0.717, 1.165) is 35.8 Å². The van der Waals surface area contributed by atoms with Crippen LogP contribution in [0.2, 0.25) is 0 Å². The van der Waals surface area contributed by atoms with E-state index < -0.39 is 5.97 Å². The summed E-state index contributed by atoms with van der Waals surface area (Å²) in [5.41, 5.74) is 3.06. The number of amides is 1. The van der Waals surface area contributed by atoms with Crippen LogP contribution in [0.25, 0.3) is 11.0 Å². The number of rotatable bonds is 4. The van der Waals surface area contributed by atoms with Gasteiger partial charge in [0, 0.05) is 24.5 Å². The van der Waals surface area contributed by atoms with Gasteiger partial charge in [0.2, 0.25) is 0 Å². The molecule has 1 aromatic carbocycles. The molecule has 0 bridgehead atoms. The third-order valence-corrected chi connectivity index (χ3v) is 5.34. The number of aliphatic carboxylic acids is 1. The molecule has 0 saturated carbocycles. The number of carbonyl (C=O) groups excluding carboxylic acids is 1. The van der Waals surface area contributed by atoms with E-state index >= 15 is 0 Å². The summed E-state index contributed by atoms with van der Waals surface area (Å²) in [7, 11) is 1.83. The molecule has 2 aromatic rings. The number of fused-ring (bicyclic) bond motifs is 1. The Morgan fingerprint density at radius 3 is 2.65 bits per heavy atom. The lowest BCUT2D eigenvalue weighted by Crippen LogP contribution is -2.37. The third kappa shape index (κ3) is 3.90. The van der Waals surface area contributed by atoms with Crippen molar-refractivity contribution >= 4 is 22.8 Å². The highest BCUT2D eigenvalue weighted by Crippen LogP contribution is 2.25. The second kappa shape index (κ2) is 7.50. The molecule has 0 radical (unpaired) electrons. The van der Waals surface area contributed by atoms with Gasteiger partial charge in [0.1, 0.15) is 5.58 Å². The summed E-state index contributed by atoms with van der Waals surface area (Å²) in [6, 6.07) is 6.03. The lowest BCUT2D eigenvalue weighted by Gasteiger charge is -2.25. The summed E-state index contributed by atoms with van der Waals surface area (Å²) >= 11 is 0. The molecule has 2 heterocycles. The molecule has 26 heavy (non-hydrogen) atoms. The van der Waals surface area contributed by atoms with Gasteiger partial charge in [-0.25, -0.2) is 0 Å². The summed E-state index contributed by atoms with van der Waals surface area (Å²) < 4.78 is 5.81. The smallest absolute Gasteiger partial charge is 0.317 e. The molecule has 1 amide bonds. The number of likely N-dealkylation sites (N-methyl/N-ethyl adjacent to an activating group) is 1. The Bertz CT molecular complexity index is 788. The monoisotopic (exact) mass is 358 g/mol. The van der Waals surface area contributed by atoms with Crippen LogP contribution in [-0.2, 0) is 4.79 Å². The first-order valence-corrected chi connectivity index (χ1v) is 9.07. The minimum absolute atomic E-state index is 0.0287. The van der Waals surface area contributed by atoms with Gasteiger partial charge >= 0.3 is 5.97 Å². The zero-order valence-corrected chi connectivity index (χ0v) is 15.6. The fourth-order valence-electron chi connectivity index (χ4n) is 3.63. The molecule has 1 N–H and O–H groups in total. The predicted octanol–water partition coefficient (Wildman–Crippen LogP) is 3.06. The molecule has 1 unspecified atom stereocenters. The Labute approximate surface area is 153 Å². The van der Waals surface area contributed by atoms with Gasteiger partial charge in [-0.15, -0.1) is 0 Å². The number of carboxylic acid groups (broad SMARTS) is 1. The normalized spacial score (nSPS) is 18.3. The summed E-state index contributed by atoms with van der Waals surface area (Å²) in [5, 5.41) is 9.91. The molecule has 0 spiro atoms. The maximum absolute atomic E-state index is 12.9. The van der Waals surface area contributed by atoms with Gasteiger partial charge in [0.25, 0.3) is 5.91 Å². The molecule has 3 rings (SSSR count). The van der Waals surface area contributed by atoms with E-state index in [-0.39, 0.29) is 18.5 Å². The van der Waals surface area contributed by atoms with Crippen molar-refractivity contribution in [1.82, 2.24) is 9.80 Å². The van der Waals surface area contributed by atoms with Gasteiger partial charge in [-0.3, -0.25) is 14.5 Å². The number of benzene rings is 1. The standard InChI is InChI=1S/C20H26N2O4/c1-13-9-15-11-18(26-17(15)10-14(13)2)20(25)22-7-4-5-16(6-8-22)21(3)12-19(23)24/h9-11,16H,4-8,12H2,1-3H3,(H,23,24). The van der Waals surface area contributed by atoms with Crippen molar-refractivity contribution in [2.75, 3.05) is 26.7 Å². The number of hydrogen-bond donors (Lipinski definition) is 1. The largest absolute Gasteiger partial charge is 0.480 e. The average Bonchev–Trinajstić information content (AvgIpc) is 2.81. The lowest BCUT2D eigenvalue weighted by molar-refractivity contribution is -0.138. The highest BCUT2D eigenvalue weighted by atomic mass is 16.4. The quantitative estimate of drug-likeness (QED) is 0.909. The molecule has 1 fully saturated rings. The van der Waals surface area contributed by atoms with Crippen molar-refractivity contribution in [3.05, 3.63) is 35.1 Å². The van der Waals surface area contributed by atoms with Crippen molar-refractivity contribution in [1.29, 1.82) is 0 Å². The predicted molar refractivity (Wildman–Crippen MR) is 99.5 cm³/mol. The van der Waals surface area contributed by atoms with Gasteiger partial charge in [0.15, 0.2) is 5.76 Å². The van der Waals surface area contributed by atoms with Crippen LogP contribution in [0.15, 0.2) is 22.6 Å². The van der Waals surface area contributed by atoms with Crippen LogP contribution in [0.5, 0.6) is 0 Å². The Morgan fingerprint density at radius 2 is 1.92 bits per heavy atom. The Morgan fingerprint density at radius 1 is 1.19 bits per heavy atom. The Hall–Kier alpha value is -2.34. The van der Waals surface area contributed by atoms with E-state index in [1.54, 1.807) is 0 Å². The second-order valence-corrected chi connectivity index (χ2v) is 7.27. The molecular formula is C20H26N2O4. The minimum Gasteiger partial charge on any atom is -0.480 e.